The van der Waals surface area contributed by atoms with E-state index in [9.17, 15) is 21.6 Å². The van der Waals surface area contributed by atoms with E-state index < -0.39 is 27.0 Å². The Hall–Kier alpha value is -0.730. The number of benzene rings is 1. The van der Waals surface area contributed by atoms with Gasteiger partial charge in [-0.2, -0.15) is 21.6 Å². The second-order valence-corrected chi connectivity index (χ2v) is 7.81. The molecule has 1 aromatic carbocycles. The summed E-state index contributed by atoms with van der Waals surface area (Å²) < 4.78 is 66.5. The smallest absolute Gasteiger partial charge is 0.262 e. The number of hydrogen-bond acceptors (Lipinski definition) is 4. The number of aryl methyl sites for hydroxylation is 1. The van der Waals surface area contributed by atoms with Gasteiger partial charge in [-0.3, -0.25) is 4.18 Å². The highest BCUT2D eigenvalue weighted by Crippen LogP contribution is 2.42. The lowest BCUT2D eigenvalue weighted by molar-refractivity contribution is -0.0339. The van der Waals surface area contributed by atoms with Crippen LogP contribution in [-0.4, -0.2) is 25.3 Å². The van der Waals surface area contributed by atoms with Gasteiger partial charge in [-0.15, -0.1) is 0 Å². The SMILES string of the molecule is Cc1ccc(S(=O)(=O)O[C@@H]2CCC[C@H]2SC(F)(F)F)cc1. The van der Waals surface area contributed by atoms with Gasteiger partial charge < -0.3 is 0 Å². The van der Waals surface area contributed by atoms with Crippen LogP contribution in [0.1, 0.15) is 24.8 Å². The Morgan fingerprint density at radius 1 is 1.19 bits per heavy atom. The molecule has 0 N–H and O–H groups in total. The third-order valence-electron chi connectivity index (χ3n) is 3.24. The zero-order valence-corrected chi connectivity index (χ0v) is 12.9. The molecule has 0 saturated heterocycles. The van der Waals surface area contributed by atoms with Crippen LogP contribution in [0, 0.1) is 6.92 Å². The molecule has 1 aromatic rings. The van der Waals surface area contributed by atoms with Crippen LogP contribution in [0.4, 0.5) is 13.2 Å². The second-order valence-electron chi connectivity index (χ2n) is 4.93. The lowest BCUT2D eigenvalue weighted by Crippen LogP contribution is -2.26. The molecule has 0 bridgehead atoms. The number of halogens is 3. The third kappa shape index (κ3) is 4.62. The first-order valence-corrected chi connectivity index (χ1v) is 8.71. The van der Waals surface area contributed by atoms with Crippen molar-refractivity contribution in [1.82, 2.24) is 0 Å². The van der Waals surface area contributed by atoms with Crippen molar-refractivity contribution in [1.29, 1.82) is 0 Å². The van der Waals surface area contributed by atoms with E-state index in [-0.39, 0.29) is 16.7 Å². The molecule has 8 heteroatoms. The van der Waals surface area contributed by atoms with Gasteiger partial charge in [0, 0.05) is 5.25 Å². The Morgan fingerprint density at radius 2 is 1.81 bits per heavy atom. The number of rotatable bonds is 4. The minimum absolute atomic E-state index is 0.0317. The minimum atomic E-state index is -4.38. The maximum atomic E-state index is 12.4. The normalized spacial score (nSPS) is 23.4. The third-order valence-corrected chi connectivity index (χ3v) is 5.70. The molecule has 0 radical (unpaired) electrons. The molecule has 1 aliphatic rings. The molecule has 118 valence electrons. The summed E-state index contributed by atoms with van der Waals surface area (Å²) in [5.41, 5.74) is -3.50. The predicted molar refractivity (Wildman–Crippen MR) is 74.5 cm³/mol. The zero-order chi connectivity index (χ0) is 15.7. The summed E-state index contributed by atoms with van der Waals surface area (Å²) in [6, 6.07) is 6.02. The van der Waals surface area contributed by atoms with Crippen LogP contribution in [0.25, 0.3) is 0 Å². The summed E-state index contributed by atoms with van der Waals surface area (Å²) in [6.07, 6.45) is 0.224. The second kappa shape index (κ2) is 6.18. The number of hydrogen-bond donors (Lipinski definition) is 0. The molecule has 3 nitrogen and oxygen atoms in total. The molecular formula is C13H15F3O3S2. The minimum Gasteiger partial charge on any atom is -0.262 e. The molecule has 0 aromatic heterocycles. The molecule has 0 aliphatic heterocycles. The Bertz CT molecular complexity index is 582. The summed E-state index contributed by atoms with van der Waals surface area (Å²) >= 11 is -0.179. The predicted octanol–water partition coefficient (Wildman–Crippen LogP) is 3.87. The van der Waals surface area contributed by atoms with Gasteiger partial charge in [-0.25, -0.2) is 0 Å². The summed E-state index contributed by atoms with van der Waals surface area (Å²) in [5.74, 6) is 0. The van der Waals surface area contributed by atoms with E-state index in [4.69, 9.17) is 4.18 Å². The fraction of sp³-hybridized carbons (Fsp3) is 0.538. The van der Waals surface area contributed by atoms with Crippen molar-refractivity contribution in [2.45, 2.75) is 47.9 Å². The fourth-order valence-corrected chi connectivity index (χ4v) is 4.41. The molecule has 0 heterocycles. The molecular weight excluding hydrogens is 325 g/mol. The molecule has 0 spiro atoms. The highest BCUT2D eigenvalue weighted by Gasteiger charge is 2.41. The van der Waals surface area contributed by atoms with Crippen LogP contribution in [-0.2, 0) is 14.3 Å². The molecule has 1 fully saturated rings. The van der Waals surface area contributed by atoms with Gasteiger partial charge in [0.2, 0.25) is 0 Å². The average Bonchev–Trinajstić information content (AvgIpc) is 2.74. The largest absolute Gasteiger partial charge is 0.442 e. The fourth-order valence-electron chi connectivity index (χ4n) is 2.23. The maximum absolute atomic E-state index is 12.4. The highest BCUT2D eigenvalue weighted by atomic mass is 32.2. The topological polar surface area (TPSA) is 43.4 Å². The summed E-state index contributed by atoms with van der Waals surface area (Å²) in [6.45, 7) is 1.81. The standard InChI is InChI=1S/C13H15F3O3S2/c1-9-5-7-10(8-6-9)21(17,18)19-11-3-2-4-12(11)20-13(14,15)16/h5-8,11-12H,2-4H2,1H3/t11-,12-/m1/s1. The summed E-state index contributed by atoms with van der Waals surface area (Å²) in [5, 5.41) is -0.870. The van der Waals surface area contributed by atoms with Crippen LogP contribution in [0.3, 0.4) is 0 Å². The van der Waals surface area contributed by atoms with Crippen molar-refractivity contribution < 1.29 is 25.8 Å². The Morgan fingerprint density at radius 3 is 2.38 bits per heavy atom. The van der Waals surface area contributed by atoms with Crippen LogP contribution in [0.2, 0.25) is 0 Å². The first kappa shape index (κ1) is 16.6. The van der Waals surface area contributed by atoms with E-state index >= 15 is 0 Å². The van der Waals surface area contributed by atoms with Crippen LogP contribution in [0.15, 0.2) is 29.2 Å². The molecule has 2 atom stereocenters. The van der Waals surface area contributed by atoms with Gasteiger partial charge in [-0.1, -0.05) is 17.7 Å². The van der Waals surface area contributed by atoms with Crippen LogP contribution < -0.4 is 0 Å². The first-order chi connectivity index (χ1) is 9.67. The van der Waals surface area contributed by atoms with Gasteiger partial charge in [-0.05, 0) is 50.1 Å². The van der Waals surface area contributed by atoms with Crippen molar-refractivity contribution >= 4 is 21.9 Å². The summed E-state index contributed by atoms with van der Waals surface area (Å²) in [7, 11) is -4.03. The molecule has 0 unspecified atom stereocenters. The maximum Gasteiger partial charge on any atom is 0.442 e. The van der Waals surface area contributed by atoms with Gasteiger partial charge in [0.15, 0.2) is 0 Å². The van der Waals surface area contributed by atoms with Crippen LogP contribution in [0.5, 0.6) is 0 Å². The number of thioether (sulfide) groups is 1. The number of alkyl halides is 3. The van der Waals surface area contributed by atoms with Gasteiger partial charge in [0.25, 0.3) is 10.1 Å². The van der Waals surface area contributed by atoms with Crippen molar-refractivity contribution in [3.63, 3.8) is 0 Å². The van der Waals surface area contributed by atoms with E-state index in [2.05, 4.69) is 0 Å². The zero-order valence-electron chi connectivity index (χ0n) is 11.3. The lowest BCUT2D eigenvalue weighted by atomic mass is 10.2. The van der Waals surface area contributed by atoms with Crippen molar-refractivity contribution in [2.24, 2.45) is 0 Å². The Kier molecular flexibility index (Phi) is 4.89. The van der Waals surface area contributed by atoms with Crippen molar-refractivity contribution in [3.8, 4) is 0 Å². The van der Waals surface area contributed by atoms with E-state index in [0.717, 1.165) is 5.56 Å². The average molecular weight is 340 g/mol. The molecule has 2 rings (SSSR count). The van der Waals surface area contributed by atoms with E-state index in [0.29, 0.717) is 19.3 Å². The lowest BCUT2D eigenvalue weighted by Gasteiger charge is -2.20. The first-order valence-electron chi connectivity index (χ1n) is 6.42. The molecule has 0 amide bonds. The van der Waals surface area contributed by atoms with E-state index in [1.165, 1.54) is 12.1 Å². The Labute approximate surface area is 126 Å². The molecule has 1 aliphatic carbocycles. The van der Waals surface area contributed by atoms with Crippen molar-refractivity contribution in [2.75, 3.05) is 0 Å². The van der Waals surface area contributed by atoms with Crippen molar-refractivity contribution in [3.05, 3.63) is 29.8 Å². The van der Waals surface area contributed by atoms with Crippen LogP contribution >= 0.6 is 11.8 Å². The van der Waals surface area contributed by atoms with E-state index in [1.54, 1.807) is 12.1 Å². The summed E-state index contributed by atoms with van der Waals surface area (Å²) in [4.78, 5) is -0.0317. The highest BCUT2D eigenvalue weighted by molar-refractivity contribution is 8.00. The van der Waals surface area contributed by atoms with Gasteiger partial charge in [0.1, 0.15) is 0 Å². The Balaban J connectivity index is 2.10. The van der Waals surface area contributed by atoms with Gasteiger partial charge in [0.05, 0.1) is 11.0 Å². The molecule has 21 heavy (non-hydrogen) atoms. The quantitative estimate of drug-likeness (QED) is 0.780. The van der Waals surface area contributed by atoms with Gasteiger partial charge >= 0.3 is 5.51 Å². The monoisotopic (exact) mass is 340 g/mol. The molecule has 1 saturated carbocycles. The van der Waals surface area contributed by atoms with E-state index in [1.807, 2.05) is 6.92 Å².